The van der Waals surface area contributed by atoms with Gasteiger partial charge in [-0.05, 0) is 45.0 Å². The van der Waals surface area contributed by atoms with Crippen molar-refractivity contribution in [3.63, 3.8) is 0 Å². The summed E-state index contributed by atoms with van der Waals surface area (Å²) in [7, 11) is 0. The highest BCUT2D eigenvalue weighted by molar-refractivity contribution is 6.00. The topological polar surface area (TPSA) is 68.6 Å². The first kappa shape index (κ1) is 19.4. The molecular formula is C22H28N5O2+. The van der Waals surface area contributed by atoms with E-state index in [1.54, 1.807) is 18.7 Å². The second-order valence-corrected chi connectivity index (χ2v) is 7.73. The highest BCUT2D eigenvalue weighted by Gasteiger charge is 2.32. The number of aromatic nitrogens is 3. The van der Waals surface area contributed by atoms with E-state index < -0.39 is 0 Å². The number of nitrogens with zero attached hydrogens (tertiary/aromatic N) is 4. The predicted molar refractivity (Wildman–Crippen MR) is 110 cm³/mol. The van der Waals surface area contributed by atoms with Crippen LogP contribution in [0.4, 0.5) is 5.95 Å². The molecule has 0 unspecified atom stereocenters. The number of rotatable bonds is 6. The number of Topliss-reactive ketones (excluding diaryl/α,β-unsaturated/α-hetero) is 1. The number of hydrogen-bond acceptors (Lipinski definition) is 5. The lowest BCUT2D eigenvalue weighted by molar-refractivity contribution is -0.914. The predicted octanol–water partition coefficient (Wildman–Crippen LogP) is 1.51. The standard InChI is InChI=1S/C22H27N5O2/c1-16-14-20(17(2)27(16)15-19-6-4-13-29-19)21(28)18(3)25-9-11-26(12-10-25)22-23-7-5-8-24-22/h4-8,13-14,18H,9-12,15H2,1-3H3/p+1/t18-/m1/s1. The van der Waals surface area contributed by atoms with Gasteiger partial charge in [0.15, 0.2) is 0 Å². The molecule has 1 aliphatic rings. The van der Waals surface area contributed by atoms with Gasteiger partial charge in [0.1, 0.15) is 11.8 Å². The third kappa shape index (κ3) is 3.96. The van der Waals surface area contributed by atoms with Crippen molar-refractivity contribution in [2.75, 3.05) is 31.1 Å². The third-order valence-corrected chi connectivity index (χ3v) is 5.98. The molecule has 1 fully saturated rings. The van der Waals surface area contributed by atoms with Crippen LogP contribution in [0, 0.1) is 13.8 Å². The number of anilines is 1. The zero-order chi connectivity index (χ0) is 20.4. The average molecular weight is 394 g/mol. The lowest BCUT2D eigenvalue weighted by Gasteiger charge is -2.34. The van der Waals surface area contributed by atoms with Crippen LogP contribution in [0.2, 0.25) is 0 Å². The van der Waals surface area contributed by atoms with Gasteiger partial charge in [-0.3, -0.25) is 4.79 Å². The van der Waals surface area contributed by atoms with Crippen LogP contribution < -0.4 is 9.80 Å². The van der Waals surface area contributed by atoms with Gasteiger partial charge in [0.25, 0.3) is 0 Å². The zero-order valence-electron chi connectivity index (χ0n) is 17.3. The van der Waals surface area contributed by atoms with Crippen LogP contribution in [-0.4, -0.2) is 52.5 Å². The van der Waals surface area contributed by atoms with E-state index in [0.29, 0.717) is 6.54 Å². The maximum Gasteiger partial charge on any atom is 0.225 e. The van der Waals surface area contributed by atoms with E-state index in [1.165, 1.54) is 4.90 Å². The molecule has 3 aromatic rings. The first-order valence-corrected chi connectivity index (χ1v) is 10.1. The zero-order valence-corrected chi connectivity index (χ0v) is 17.3. The van der Waals surface area contributed by atoms with E-state index in [-0.39, 0.29) is 11.8 Å². The van der Waals surface area contributed by atoms with Crippen LogP contribution in [0.5, 0.6) is 0 Å². The summed E-state index contributed by atoms with van der Waals surface area (Å²) in [6.07, 6.45) is 5.22. The van der Waals surface area contributed by atoms with Gasteiger partial charge in [0.2, 0.25) is 11.7 Å². The van der Waals surface area contributed by atoms with Crippen molar-refractivity contribution < 1.29 is 14.1 Å². The van der Waals surface area contributed by atoms with E-state index in [4.69, 9.17) is 4.42 Å². The monoisotopic (exact) mass is 394 g/mol. The summed E-state index contributed by atoms with van der Waals surface area (Å²) in [6, 6.07) is 7.62. The van der Waals surface area contributed by atoms with Gasteiger partial charge in [-0.15, -0.1) is 0 Å². The summed E-state index contributed by atoms with van der Waals surface area (Å²) in [4.78, 5) is 25.5. The third-order valence-electron chi connectivity index (χ3n) is 5.98. The molecule has 1 N–H and O–H groups in total. The van der Waals surface area contributed by atoms with E-state index in [9.17, 15) is 4.79 Å². The van der Waals surface area contributed by atoms with E-state index in [0.717, 1.165) is 54.8 Å². The van der Waals surface area contributed by atoms with Gasteiger partial charge >= 0.3 is 0 Å². The van der Waals surface area contributed by atoms with Crippen molar-refractivity contribution in [2.24, 2.45) is 0 Å². The van der Waals surface area contributed by atoms with Crippen molar-refractivity contribution in [1.82, 2.24) is 14.5 Å². The maximum atomic E-state index is 13.3. The minimum absolute atomic E-state index is 0.0774. The molecule has 29 heavy (non-hydrogen) atoms. The number of carbonyl (C=O) groups is 1. The Balaban J connectivity index is 1.43. The van der Waals surface area contributed by atoms with Crippen LogP contribution in [0.25, 0.3) is 0 Å². The summed E-state index contributed by atoms with van der Waals surface area (Å²) in [5.74, 6) is 1.87. The normalized spacial score (nSPS) is 16.2. The minimum atomic E-state index is -0.0774. The molecule has 0 bridgehead atoms. The number of piperazine rings is 1. The first-order valence-electron chi connectivity index (χ1n) is 10.1. The van der Waals surface area contributed by atoms with Crippen LogP contribution in [0.1, 0.15) is 34.4 Å². The van der Waals surface area contributed by atoms with E-state index in [2.05, 4.69) is 19.4 Å². The largest absolute Gasteiger partial charge is 0.467 e. The number of aryl methyl sites for hydroxylation is 1. The van der Waals surface area contributed by atoms with Crippen molar-refractivity contribution in [3.8, 4) is 0 Å². The summed E-state index contributed by atoms with van der Waals surface area (Å²) in [5.41, 5.74) is 2.91. The maximum absolute atomic E-state index is 13.3. The Morgan fingerprint density at radius 1 is 1.21 bits per heavy atom. The number of furan rings is 1. The van der Waals surface area contributed by atoms with Crippen molar-refractivity contribution in [1.29, 1.82) is 0 Å². The van der Waals surface area contributed by atoms with Crippen LogP contribution in [-0.2, 0) is 6.54 Å². The van der Waals surface area contributed by atoms with E-state index >= 15 is 0 Å². The molecule has 0 spiro atoms. The number of ketones is 1. The van der Waals surface area contributed by atoms with Gasteiger partial charge in [-0.25, -0.2) is 9.97 Å². The number of hydrogen-bond donors (Lipinski definition) is 1. The molecular weight excluding hydrogens is 366 g/mol. The molecule has 7 nitrogen and oxygen atoms in total. The molecule has 7 heteroatoms. The Bertz CT molecular complexity index is 957. The average Bonchev–Trinajstić information content (AvgIpc) is 3.37. The highest BCUT2D eigenvalue weighted by Crippen LogP contribution is 2.19. The first-order chi connectivity index (χ1) is 14.0. The molecule has 0 aromatic carbocycles. The van der Waals surface area contributed by atoms with Crippen LogP contribution in [0.3, 0.4) is 0 Å². The summed E-state index contributed by atoms with van der Waals surface area (Å²) in [6.45, 7) is 10.3. The molecule has 0 saturated carbocycles. The van der Waals surface area contributed by atoms with Crippen molar-refractivity contribution >= 4 is 11.7 Å². The molecule has 152 valence electrons. The summed E-state index contributed by atoms with van der Waals surface area (Å²) >= 11 is 0. The fraction of sp³-hybridized carbons (Fsp3) is 0.409. The van der Waals surface area contributed by atoms with Gasteiger partial charge < -0.3 is 18.8 Å². The summed E-state index contributed by atoms with van der Waals surface area (Å²) in [5, 5.41) is 0. The lowest BCUT2D eigenvalue weighted by Crippen LogP contribution is -3.18. The molecule has 0 radical (unpaired) electrons. The smallest absolute Gasteiger partial charge is 0.225 e. The fourth-order valence-electron chi connectivity index (χ4n) is 4.15. The minimum Gasteiger partial charge on any atom is -0.467 e. The van der Waals surface area contributed by atoms with Gasteiger partial charge in [-0.2, -0.15) is 0 Å². The second kappa shape index (κ2) is 8.21. The Kier molecular flexibility index (Phi) is 5.49. The SMILES string of the molecule is Cc1cc(C(=O)[C@@H](C)[NH+]2CCN(c3ncccn3)CC2)c(C)n1Cc1ccco1. The van der Waals surface area contributed by atoms with Gasteiger partial charge in [0, 0.05) is 29.3 Å². The lowest BCUT2D eigenvalue weighted by atomic mass is 10.0. The Hall–Kier alpha value is -2.93. The van der Waals surface area contributed by atoms with Gasteiger partial charge in [-0.1, -0.05) is 0 Å². The molecule has 1 saturated heterocycles. The molecule has 3 aromatic heterocycles. The Morgan fingerprint density at radius 3 is 2.59 bits per heavy atom. The number of carbonyl (C=O) groups excluding carboxylic acids is 1. The second-order valence-electron chi connectivity index (χ2n) is 7.73. The number of quaternary nitrogens is 1. The van der Waals surface area contributed by atoms with Crippen LogP contribution in [0.15, 0.2) is 47.3 Å². The molecule has 4 rings (SSSR count). The Labute approximate surface area is 171 Å². The Morgan fingerprint density at radius 2 is 1.93 bits per heavy atom. The molecule has 0 aliphatic carbocycles. The molecule has 0 amide bonds. The number of nitrogens with one attached hydrogen (secondary N) is 1. The molecule has 4 heterocycles. The van der Waals surface area contributed by atoms with Crippen LogP contribution >= 0.6 is 0 Å². The van der Waals surface area contributed by atoms with Gasteiger partial charge in [0.05, 0.1) is 39.0 Å². The summed E-state index contributed by atoms with van der Waals surface area (Å²) < 4.78 is 7.63. The molecule has 1 aliphatic heterocycles. The molecule has 1 atom stereocenters. The fourth-order valence-corrected chi connectivity index (χ4v) is 4.15. The van der Waals surface area contributed by atoms with Crippen molar-refractivity contribution in [2.45, 2.75) is 33.4 Å². The highest BCUT2D eigenvalue weighted by atomic mass is 16.3. The van der Waals surface area contributed by atoms with Crippen molar-refractivity contribution in [3.05, 3.63) is 65.6 Å². The quantitative estimate of drug-likeness (QED) is 0.642. The van der Waals surface area contributed by atoms with E-state index in [1.807, 2.05) is 45.0 Å².